The average Bonchev–Trinajstić information content (AvgIpc) is 3.43. The molecule has 0 aliphatic heterocycles. The smallest absolute Gasteiger partial charge is 0.296 e. The normalized spacial score (nSPS) is 11.2. The zero-order chi connectivity index (χ0) is 22.5. The van der Waals surface area contributed by atoms with Crippen molar-refractivity contribution in [3.05, 3.63) is 70.0 Å². The Labute approximate surface area is 187 Å². The van der Waals surface area contributed by atoms with E-state index in [-0.39, 0.29) is 5.69 Å². The molecule has 32 heavy (non-hydrogen) atoms. The van der Waals surface area contributed by atoms with Gasteiger partial charge in [0.05, 0.1) is 6.54 Å². The van der Waals surface area contributed by atoms with Gasteiger partial charge in [-0.15, -0.1) is 5.10 Å². The monoisotopic (exact) mass is 431 g/mol. The third kappa shape index (κ3) is 4.26. The van der Waals surface area contributed by atoms with E-state index in [2.05, 4.69) is 70.6 Å². The zero-order valence-corrected chi connectivity index (χ0v) is 18.9. The minimum atomic E-state index is 0.0934. The molecule has 1 N–H and O–H groups in total. The van der Waals surface area contributed by atoms with Gasteiger partial charge in [0.15, 0.2) is 5.82 Å². The van der Waals surface area contributed by atoms with E-state index in [1.165, 1.54) is 0 Å². The van der Waals surface area contributed by atoms with Gasteiger partial charge in [0, 0.05) is 29.7 Å². The molecule has 0 aliphatic carbocycles. The quantitative estimate of drug-likeness (QED) is 0.432. The number of unbranched alkanes of at least 4 members (excludes halogenated alkanes) is 1. The minimum Gasteiger partial charge on any atom is -0.296 e. The maximum atomic E-state index is 13.2. The van der Waals surface area contributed by atoms with Crippen LogP contribution in [0.5, 0.6) is 0 Å². The van der Waals surface area contributed by atoms with Crippen molar-refractivity contribution in [2.24, 2.45) is 0 Å². The second-order valence-corrected chi connectivity index (χ2v) is 8.00. The fourth-order valence-corrected chi connectivity index (χ4v) is 4.11. The molecule has 3 aromatic heterocycles. The van der Waals surface area contributed by atoms with E-state index in [1.54, 1.807) is 6.20 Å². The molecule has 166 valence electrons. The maximum absolute atomic E-state index is 13.2. The molecule has 8 heteroatoms. The van der Waals surface area contributed by atoms with Crippen LogP contribution in [-0.2, 0) is 19.5 Å². The van der Waals surface area contributed by atoms with Crippen molar-refractivity contribution < 1.29 is 0 Å². The summed E-state index contributed by atoms with van der Waals surface area (Å²) in [4.78, 5) is 17.6. The summed E-state index contributed by atoms with van der Waals surface area (Å²) in [5.74, 6) is 0.532. The van der Waals surface area contributed by atoms with E-state index in [4.69, 9.17) is 0 Å². The first-order valence-corrected chi connectivity index (χ1v) is 11.2. The van der Waals surface area contributed by atoms with Gasteiger partial charge in [-0.1, -0.05) is 57.0 Å². The molecular formula is C24H29N7O. The highest BCUT2D eigenvalue weighted by atomic mass is 16.1. The van der Waals surface area contributed by atoms with Crippen molar-refractivity contribution in [3.8, 4) is 22.6 Å². The minimum absolute atomic E-state index is 0.0934. The first kappa shape index (κ1) is 21.7. The molecule has 0 saturated heterocycles. The summed E-state index contributed by atoms with van der Waals surface area (Å²) >= 11 is 0. The van der Waals surface area contributed by atoms with Gasteiger partial charge in [-0.2, -0.15) is 0 Å². The van der Waals surface area contributed by atoms with Crippen molar-refractivity contribution in [2.75, 3.05) is 0 Å². The molecule has 0 bridgehead atoms. The van der Waals surface area contributed by atoms with Gasteiger partial charge in [-0.05, 0) is 47.4 Å². The molecule has 8 nitrogen and oxygen atoms in total. The molecule has 4 rings (SSSR count). The lowest BCUT2D eigenvalue weighted by Crippen LogP contribution is -2.26. The van der Waals surface area contributed by atoms with Crippen LogP contribution in [0.3, 0.4) is 0 Å². The molecule has 3 heterocycles. The van der Waals surface area contributed by atoms with Crippen LogP contribution in [-0.4, -0.2) is 34.7 Å². The van der Waals surface area contributed by atoms with E-state index < -0.39 is 0 Å². The predicted molar refractivity (Wildman–Crippen MR) is 124 cm³/mol. The van der Waals surface area contributed by atoms with E-state index >= 15 is 0 Å². The molecule has 1 aromatic carbocycles. The summed E-state index contributed by atoms with van der Waals surface area (Å²) in [6.45, 7) is 7.73. The molecule has 0 atom stereocenters. The number of H-pyrrole nitrogens is 1. The van der Waals surface area contributed by atoms with Gasteiger partial charge in [0.2, 0.25) is 0 Å². The Bertz CT molecular complexity index is 1220. The summed E-state index contributed by atoms with van der Waals surface area (Å²) in [6, 6.07) is 12.2. The van der Waals surface area contributed by atoms with E-state index in [0.717, 1.165) is 60.3 Å². The lowest BCUT2D eigenvalue weighted by molar-refractivity contribution is 0.584. The van der Waals surface area contributed by atoms with Crippen LogP contribution in [0.4, 0.5) is 0 Å². The topological polar surface area (TPSA) is 94.3 Å². The van der Waals surface area contributed by atoms with Crippen molar-refractivity contribution in [1.29, 1.82) is 0 Å². The summed E-state index contributed by atoms with van der Waals surface area (Å²) < 4.78 is 3.88. The number of hydrogen-bond donors (Lipinski definition) is 1. The van der Waals surface area contributed by atoms with E-state index in [9.17, 15) is 4.79 Å². The lowest BCUT2D eigenvalue weighted by atomic mass is 10.0. The van der Waals surface area contributed by atoms with Crippen LogP contribution in [0.25, 0.3) is 22.6 Å². The Kier molecular flexibility index (Phi) is 6.58. The number of nitrogens with zero attached hydrogens (tertiary/aromatic N) is 6. The van der Waals surface area contributed by atoms with Crippen LogP contribution >= 0.6 is 0 Å². The molecule has 0 spiro atoms. The summed E-state index contributed by atoms with van der Waals surface area (Å²) in [7, 11) is 0. The number of benzene rings is 1. The molecule has 4 aromatic rings. The average molecular weight is 432 g/mol. The molecule has 0 unspecified atom stereocenters. The lowest BCUT2D eigenvalue weighted by Gasteiger charge is -2.10. The Balaban J connectivity index is 1.64. The second kappa shape index (κ2) is 9.72. The zero-order valence-electron chi connectivity index (χ0n) is 18.9. The molecule has 0 aliphatic rings. The number of tetrazole rings is 1. The fraction of sp³-hybridized carbons (Fsp3) is 0.375. The number of aromatic amines is 1. The van der Waals surface area contributed by atoms with E-state index in [1.807, 2.05) is 21.3 Å². The van der Waals surface area contributed by atoms with Crippen molar-refractivity contribution in [2.45, 2.75) is 59.5 Å². The van der Waals surface area contributed by atoms with Crippen molar-refractivity contribution in [1.82, 2.24) is 34.7 Å². The molecule has 0 fully saturated rings. The van der Waals surface area contributed by atoms with Crippen LogP contribution in [0, 0.1) is 6.92 Å². The third-order valence-corrected chi connectivity index (χ3v) is 5.82. The Hall–Kier alpha value is -3.55. The molecule has 0 amide bonds. The van der Waals surface area contributed by atoms with E-state index in [0.29, 0.717) is 18.1 Å². The summed E-state index contributed by atoms with van der Waals surface area (Å²) in [5, 5.41) is 14.1. The highest BCUT2D eigenvalue weighted by Crippen LogP contribution is 2.28. The standard InChI is InChI=1S/C24H29N7O/c1-4-6-15-30-17(3)21(8-5-2)31(24(30)32)16-18-10-12-19(13-11-18)20-9-7-14-25-22(20)23-26-28-29-27-23/h7,9-14H,4-6,8,15-16H2,1-3H3,(H,26,27,28,29). The van der Waals surface area contributed by atoms with Gasteiger partial charge >= 0.3 is 5.69 Å². The molecule has 0 radical (unpaired) electrons. The van der Waals surface area contributed by atoms with Crippen LogP contribution < -0.4 is 5.69 Å². The van der Waals surface area contributed by atoms with Gasteiger partial charge in [-0.3, -0.25) is 14.1 Å². The first-order chi connectivity index (χ1) is 15.6. The SMILES string of the molecule is CCCCn1c(C)c(CCC)n(Cc2ccc(-c3cccnc3-c3nnn[nH]3)cc2)c1=O. The summed E-state index contributed by atoms with van der Waals surface area (Å²) in [5.41, 5.74) is 6.10. The van der Waals surface area contributed by atoms with Crippen LogP contribution in [0.1, 0.15) is 50.1 Å². The number of nitrogens with one attached hydrogen (secondary N) is 1. The summed E-state index contributed by atoms with van der Waals surface area (Å²) in [6.07, 6.45) is 5.73. The number of rotatable bonds is 9. The number of aromatic nitrogens is 7. The van der Waals surface area contributed by atoms with Crippen LogP contribution in [0.2, 0.25) is 0 Å². The number of hydrogen-bond acceptors (Lipinski definition) is 5. The van der Waals surface area contributed by atoms with Gasteiger partial charge in [0.1, 0.15) is 5.69 Å². The Morgan fingerprint density at radius 1 is 1.03 bits per heavy atom. The fourth-order valence-electron chi connectivity index (χ4n) is 4.11. The van der Waals surface area contributed by atoms with Gasteiger partial charge < -0.3 is 0 Å². The number of pyridine rings is 1. The van der Waals surface area contributed by atoms with Crippen molar-refractivity contribution in [3.63, 3.8) is 0 Å². The predicted octanol–water partition coefficient (Wildman–Crippen LogP) is 4.00. The molecular weight excluding hydrogens is 402 g/mol. The number of imidazole rings is 1. The highest BCUT2D eigenvalue weighted by molar-refractivity contribution is 5.77. The molecule has 0 saturated carbocycles. The maximum Gasteiger partial charge on any atom is 0.328 e. The highest BCUT2D eigenvalue weighted by Gasteiger charge is 2.17. The third-order valence-electron chi connectivity index (χ3n) is 5.82. The largest absolute Gasteiger partial charge is 0.328 e. The second-order valence-electron chi connectivity index (χ2n) is 8.00. The Morgan fingerprint density at radius 2 is 1.84 bits per heavy atom. The first-order valence-electron chi connectivity index (χ1n) is 11.2. The van der Waals surface area contributed by atoms with Crippen molar-refractivity contribution >= 4 is 0 Å². The Morgan fingerprint density at radius 3 is 2.53 bits per heavy atom. The van der Waals surface area contributed by atoms with Gasteiger partial charge in [0.25, 0.3) is 0 Å². The van der Waals surface area contributed by atoms with Gasteiger partial charge in [-0.25, -0.2) is 9.89 Å². The van der Waals surface area contributed by atoms with Crippen LogP contribution in [0.15, 0.2) is 47.4 Å².